The van der Waals surface area contributed by atoms with Crippen molar-refractivity contribution in [2.24, 2.45) is 0 Å². The van der Waals surface area contributed by atoms with Gasteiger partial charge in [0.1, 0.15) is 11.6 Å². The number of halogens is 1. The molecule has 0 bridgehead atoms. The lowest BCUT2D eigenvalue weighted by atomic mass is 10.0. The Morgan fingerprint density at radius 3 is 2.72 bits per heavy atom. The molecule has 1 saturated heterocycles. The van der Waals surface area contributed by atoms with Gasteiger partial charge < -0.3 is 14.7 Å². The number of carbonyl (C=O) groups is 1. The van der Waals surface area contributed by atoms with E-state index in [1.807, 2.05) is 12.1 Å². The number of hydrogen-bond donors (Lipinski definition) is 1. The number of carbonyl (C=O) groups excluding carboxylic acids is 1. The van der Waals surface area contributed by atoms with Gasteiger partial charge in [0.25, 0.3) is 11.6 Å². The van der Waals surface area contributed by atoms with Crippen LogP contribution in [0, 0.1) is 12.7 Å². The molecule has 1 aliphatic heterocycles. The minimum atomic E-state index is -0.339. The van der Waals surface area contributed by atoms with Gasteiger partial charge in [-0.15, -0.1) is 0 Å². The van der Waals surface area contributed by atoms with Crippen molar-refractivity contribution in [3.8, 4) is 11.3 Å². The number of rotatable bonds is 5. The third-order valence-electron chi connectivity index (χ3n) is 5.69. The second kappa shape index (κ2) is 8.37. The van der Waals surface area contributed by atoms with Crippen LogP contribution in [-0.2, 0) is 6.54 Å². The zero-order valence-electron chi connectivity index (χ0n) is 17.6. The Morgan fingerprint density at radius 1 is 1.16 bits per heavy atom. The first kappa shape index (κ1) is 20.1. The van der Waals surface area contributed by atoms with Crippen molar-refractivity contribution in [1.82, 2.24) is 20.4 Å². The van der Waals surface area contributed by atoms with E-state index in [0.717, 1.165) is 24.5 Å². The largest absolute Gasteiger partial charge is 0.357 e. The van der Waals surface area contributed by atoms with Crippen LogP contribution in [0.2, 0.25) is 0 Å². The molecule has 1 aliphatic rings. The van der Waals surface area contributed by atoms with Crippen molar-refractivity contribution in [2.45, 2.75) is 26.3 Å². The number of nitrogens with zero attached hydrogens (tertiary/aromatic N) is 4. The minimum Gasteiger partial charge on any atom is -0.357 e. The summed E-state index contributed by atoms with van der Waals surface area (Å²) in [5, 5.41) is 7.53. The van der Waals surface area contributed by atoms with E-state index < -0.39 is 0 Å². The molecule has 8 heteroatoms. The van der Waals surface area contributed by atoms with E-state index in [2.05, 4.69) is 25.3 Å². The maximum absolute atomic E-state index is 13.3. The fraction of sp³-hybridized carbons (Fsp3) is 0.250. The highest BCUT2D eigenvalue weighted by Gasteiger charge is 2.20. The monoisotopic (exact) mass is 431 g/mol. The highest BCUT2D eigenvalue weighted by molar-refractivity contribution is 6.06. The number of hydrogen-bond acceptors (Lipinski definition) is 6. The van der Waals surface area contributed by atoms with Gasteiger partial charge in [0, 0.05) is 31.4 Å². The molecule has 1 aromatic carbocycles. The fourth-order valence-electron chi connectivity index (χ4n) is 4.01. The molecule has 4 aromatic rings. The summed E-state index contributed by atoms with van der Waals surface area (Å²) >= 11 is 0. The van der Waals surface area contributed by atoms with Crippen molar-refractivity contribution < 1.29 is 13.7 Å². The van der Waals surface area contributed by atoms with Crippen LogP contribution in [0.15, 0.2) is 53.2 Å². The van der Waals surface area contributed by atoms with Crippen LogP contribution in [0.4, 0.5) is 10.2 Å². The molecule has 0 saturated carbocycles. The lowest BCUT2D eigenvalue weighted by Gasteiger charge is -2.17. The van der Waals surface area contributed by atoms with Gasteiger partial charge in [0.15, 0.2) is 0 Å². The van der Waals surface area contributed by atoms with Crippen LogP contribution >= 0.6 is 0 Å². The van der Waals surface area contributed by atoms with E-state index in [1.54, 1.807) is 31.3 Å². The van der Waals surface area contributed by atoms with E-state index in [9.17, 15) is 9.18 Å². The Morgan fingerprint density at radius 2 is 1.94 bits per heavy atom. The van der Waals surface area contributed by atoms with Crippen molar-refractivity contribution in [1.29, 1.82) is 0 Å². The second-order valence-corrected chi connectivity index (χ2v) is 7.91. The third kappa shape index (κ3) is 3.91. The van der Waals surface area contributed by atoms with E-state index in [1.165, 1.54) is 25.0 Å². The Labute approximate surface area is 184 Å². The topological polar surface area (TPSA) is 84.1 Å². The Hall–Kier alpha value is -3.81. The van der Waals surface area contributed by atoms with E-state index >= 15 is 0 Å². The Kier molecular flexibility index (Phi) is 5.26. The van der Waals surface area contributed by atoms with Crippen LogP contribution in [0.3, 0.4) is 0 Å². The van der Waals surface area contributed by atoms with Gasteiger partial charge in [0.2, 0.25) is 0 Å². The van der Waals surface area contributed by atoms with Gasteiger partial charge in [-0.25, -0.2) is 14.4 Å². The third-order valence-corrected chi connectivity index (χ3v) is 5.69. The number of pyridine rings is 2. The number of fused-ring (bicyclic) bond motifs is 1. The van der Waals surface area contributed by atoms with Gasteiger partial charge >= 0.3 is 0 Å². The molecule has 0 spiro atoms. The first-order valence-electron chi connectivity index (χ1n) is 10.6. The van der Waals surface area contributed by atoms with Gasteiger partial charge in [-0.2, -0.15) is 0 Å². The number of anilines is 1. The smallest absolute Gasteiger partial charge is 0.259 e. The van der Waals surface area contributed by atoms with Crippen molar-refractivity contribution in [3.63, 3.8) is 0 Å². The molecule has 0 aliphatic carbocycles. The summed E-state index contributed by atoms with van der Waals surface area (Å²) in [5.41, 5.74) is 3.45. The molecule has 0 radical (unpaired) electrons. The predicted molar refractivity (Wildman–Crippen MR) is 119 cm³/mol. The number of nitrogens with one attached hydrogen (secondary N) is 1. The lowest BCUT2D eigenvalue weighted by molar-refractivity contribution is 0.0952. The number of benzene rings is 1. The molecule has 32 heavy (non-hydrogen) atoms. The normalized spacial score (nSPS) is 13.6. The zero-order valence-corrected chi connectivity index (χ0v) is 17.6. The molecule has 162 valence electrons. The van der Waals surface area contributed by atoms with Crippen molar-refractivity contribution in [2.75, 3.05) is 18.0 Å². The Balaban J connectivity index is 1.42. The summed E-state index contributed by atoms with van der Waals surface area (Å²) < 4.78 is 18.7. The molecule has 0 atom stereocenters. The number of aryl methyl sites for hydroxylation is 1. The highest BCUT2D eigenvalue weighted by atomic mass is 19.1. The molecule has 0 unspecified atom stereocenters. The summed E-state index contributed by atoms with van der Waals surface area (Å²) in [4.78, 5) is 24.4. The predicted octanol–water partition coefficient (Wildman–Crippen LogP) is 4.26. The van der Waals surface area contributed by atoms with E-state index in [4.69, 9.17) is 4.52 Å². The van der Waals surface area contributed by atoms with Crippen molar-refractivity contribution >= 4 is 22.8 Å². The van der Waals surface area contributed by atoms with E-state index in [0.29, 0.717) is 34.4 Å². The molecule has 3 aromatic heterocycles. The summed E-state index contributed by atoms with van der Waals surface area (Å²) in [6, 6.07) is 11.6. The molecule has 1 amide bonds. The van der Waals surface area contributed by atoms with Crippen LogP contribution in [0.5, 0.6) is 0 Å². The van der Waals surface area contributed by atoms with Crippen LogP contribution in [0.1, 0.15) is 34.5 Å². The SMILES string of the molecule is Cc1noc2nc(-c3ccc(F)cc3)cc(C(=O)NCc3ccnc(N4CCCC4)c3)c12. The average molecular weight is 431 g/mol. The highest BCUT2D eigenvalue weighted by Crippen LogP contribution is 2.27. The maximum atomic E-state index is 13.3. The van der Waals surface area contributed by atoms with Crippen molar-refractivity contribution in [3.05, 3.63) is 71.3 Å². The number of aromatic nitrogens is 3. The van der Waals surface area contributed by atoms with Gasteiger partial charge in [-0.1, -0.05) is 5.16 Å². The molecular formula is C24H22FN5O2. The van der Waals surface area contributed by atoms with Gasteiger partial charge in [-0.3, -0.25) is 4.79 Å². The Bertz CT molecular complexity index is 1280. The molecule has 1 fully saturated rings. The first-order valence-corrected chi connectivity index (χ1v) is 10.6. The number of amides is 1. The molecule has 1 N–H and O–H groups in total. The van der Waals surface area contributed by atoms with Gasteiger partial charge in [0.05, 0.1) is 22.3 Å². The quantitative estimate of drug-likeness (QED) is 0.508. The molecule has 4 heterocycles. The van der Waals surface area contributed by atoms with Gasteiger partial charge in [-0.05, 0) is 67.8 Å². The summed E-state index contributed by atoms with van der Waals surface area (Å²) in [6.45, 7) is 4.16. The molecule has 7 nitrogen and oxygen atoms in total. The summed E-state index contributed by atoms with van der Waals surface area (Å²) in [5.74, 6) is 0.342. The van der Waals surface area contributed by atoms with E-state index in [-0.39, 0.29) is 17.4 Å². The lowest BCUT2D eigenvalue weighted by Crippen LogP contribution is -2.24. The maximum Gasteiger partial charge on any atom is 0.259 e. The van der Waals surface area contributed by atoms with Crippen LogP contribution in [-0.4, -0.2) is 34.1 Å². The summed E-state index contributed by atoms with van der Waals surface area (Å²) in [6.07, 6.45) is 4.13. The standard InChI is InChI=1S/C24H22FN5O2/c1-15-22-19(13-20(28-24(22)32-29-15)17-4-6-18(25)7-5-17)23(31)27-14-16-8-9-26-21(12-16)30-10-2-3-11-30/h4-9,12-13H,2-3,10-11,14H2,1H3,(H,27,31). The first-order chi connectivity index (χ1) is 15.6. The fourth-order valence-corrected chi connectivity index (χ4v) is 4.01. The zero-order chi connectivity index (χ0) is 22.1. The second-order valence-electron chi connectivity index (χ2n) is 7.91. The van der Waals surface area contributed by atoms with Crippen LogP contribution in [0.25, 0.3) is 22.4 Å². The van der Waals surface area contributed by atoms with Crippen LogP contribution < -0.4 is 10.2 Å². The average Bonchev–Trinajstić information content (AvgIpc) is 3.48. The molecular weight excluding hydrogens is 409 g/mol. The molecule has 5 rings (SSSR count). The minimum absolute atomic E-state index is 0.258. The summed E-state index contributed by atoms with van der Waals surface area (Å²) in [7, 11) is 0.